The molecule has 0 radical (unpaired) electrons. The van der Waals surface area contributed by atoms with Crippen LogP contribution in [0.25, 0.3) is 0 Å². The Labute approximate surface area is 134 Å². The second kappa shape index (κ2) is 8.91. The van der Waals surface area contributed by atoms with Gasteiger partial charge in [0.2, 0.25) is 5.91 Å². The minimum atomic E-state index is 0.190. The predicted molar refractivity (Wildman–Crippen MR) is 92.4 cm³/mol. The van der Waals surface area contributed by atoms with Crippen molar-refractivity contribution in [2.75, 3.05) is 44.2 Å². The molecule has 4 nitrogen and oxygen atoms in total. The Morgan fingerprint density at radius 3 is 2.82 bits per heavy atom. The van der Waals surface area contributed by atoms with Crippen LogP contribution < -0.4 is 10.2 Å². The molecule has 22 heavy (non-hydrogen) atoms. The van der Waals surface area contributed by atoms with Gasteiger partial charge >= 0.3 is 0 Å². The fourth-order valence-electron chi connectivity index (χ4n) is 3.05. The molecule has 0 saturated heterocycles. The summed E-state index contributed by atoms with van der Waals surface area (Å²) in [6.07, 6.45) is 3.23. The lowest BCUT2D eigenvalue weighted by Gasteiger charge is -2.29. The second-order valence-electron chi connectivity index (χ2n) is 5.83. The lowest BCUT2D eigenvalue weighted by atomic mass is 10.0. The van der Waals surface area contributed by atoms with Gasteiger partial charge in [0.05, 0.1) is 6.54 Å². The van der Waals surface area contributed by atoms with Crippen LogP contribution in [0.15, 0.2) is 24.3 Å². The molecule has 0 bridgehead atoms. The number of benzene rings is 1. The number of nitrogens with zero attached hydrogens (tertiary/aromatic N) is 2. The molecule has 1 aliphatic rings. The van der Waals surface area contributed by atoms with E-state index in [4.69, 9.17) is 0 Å². The predicted octanol–water partition coefficient (Wildman–Crippen LogP) is 2.29. The van der Waals surface area contributed by atoms with Gasteiger partial charge in [-0.3, -0.25) is 4.79 Å². The van der Waals surface area contributed by atoms with Crippen molar-refractivity contribution >= 4 is 11.6 Å². The summed E-state index contributed by atoms with van der Waals surface area (Å²) in [4.78, 5) is 16.8. The molecule has 1 aliphatic heterocycles. The van der Waals surface area contributed by atoms with Crippen LogP contribution in [-0.4, -0.2) is 50.1 Å². The highest BCUT2D eigenvalue weighted by molar-refractivity contribution is 5.95. The van der Waals surface area contributed by atoms with Crippen LogP contribution in [0.3, 0.4) is 0 Å². The van der Waals surface area contributed by atoms with Gasteiger partial charge in [0, 0.05) is 12.2 Å². The van der Waals surface area contributed by atoms with Crippen LogP contribution in [-0.2, 0) is 11.2 Å². The van der Waals surface area contributed by atoms with E-state index in [1.54, 1.807) is 0 Å². The first-order valence-corrected chi connectivity index (χ1v) is 8.57. The van der Waals surface area contributed by atoms with E-state index in [2.05, 4.69) is 42.3 Å². The van der Waals surface area contributed by atoms with E-state index in [0.717, 1.165) is 57.7 Å². The van der Waals surface area contributed by atoms with Gasteiger partial charge in [-0.15, -0.1) is 0 Å². The first kappa shape index (κ1) is 17.0. The molecule has 0 aliphatic carbocycles. The van der Waals surface area contributed by atoms with Crippen molar-refractivity contribution in [1.82, 2.24) is 10.2 Å². The zero-order valence-corrected chi connectivity index (χ0v) is 14.0. The largest absolute Gasteiger partial charge is 0.311 e. The minimum absolute atomic E-state index is 0.190. The molecule has 4 heteroatoms. The number of para-hydroxylation sites is 1. The van der Waals surface area contributed by atoms with Gasteiger partial charge in [0.1, 0.15) is 0 Å². The molecule has 1 aromatic rings. The van der Waals surface area contributed by atoms with Gasteiger partial charge in [-0.1, -0.05) is 32.0 Å². The van der Waals surface area contributed by atoms with Crippen LogP contribution in [0.1, 0.15) is 32.3 Å². The van der Waals surface area contributed by atoms with Gasteiger partial charge < -0.3 is 15.1 Å². The van der Waals surface area contributed by atoms with Gasteiger partial charge in [-0.2, -0.15) is 0 Å². The van der Waals surface area contributed by atoms with E-state index in [9.17, 15) is 4.79 Å². The zero-order chi connectivity index (χ0) is 15.8. The number of anilines is 1. The number of nitrogens with one attached hydrogen (secondary N) is 1. The molecule has 0 aromatic heterocycles. The summed E-state index contributed by atoms with van der Waals surface area (Å²) in [5.74, 6) is 0.190. The molecule has 0 fully saturated rings. The molecule has 0 saturated carbocycles. The quantitative estimate of drug-likeness (QED) is 0.749. The Kier molecular flexibility index (Phi) is 6.87. The first-order valence-electron chi connectivity index (χ1n) is 8.57. The smallest absolute Gasteiger partial charge is 0.240 e. The van der Waals surface area contributed by atoms with E-state index < -0.39 is 0 Å². The normalized spacial score (nSPS) is 14.2. The van der Waals surface area contributed by atoms with Crippen molar-refractivity contribution in [2.45, 2.75) is 33.1 Å². The summed E-state index contributed by atoms with van der Waals surface area (Å²) in [5.41, 5.74) is 2.40. The number of carbonyl (C=O) groups is 1. The SMILES string of the molecule is CCN(CC)CCCNCC(=O)N1CCCc2ccccc21. The Bertz CT molecular complexity index is 471. The highest BCUT2D eigenvalue weighted by Crippen LogP contribution is 2.26. The summed E-state index contributed by atoms with van der Waals surface area (Å²) in [6.45, 7) is 9.85. The van der Waals surface area contributed by atoms with Crippen LogP contribution in [0.4, 0.5) is 5.69 Å². The molecule has 1 heterocycles. The number of hydrogen-bond donors (Lipinski definition) is 1. The summed E-state index contributed by atoms with van der Waals surface area (Å²) in [6, 6.07) is 8.26. The van der Waals surface area contributed by atoms with Crippen LogP contribution >= 0.6 is 0 Å². The molecule has 1 aromatic carbocycles. The van der Waals surface area contributed by atoms with Gasteiger partial charge in [0.15, 0.2) is 0 Å². The van der Waals surface area contributed by atoms with Gasteiger partial charge in [0.25, 0.3) is 0 Å². The van der Waals surface area contributed by atoms with Crippen molar-refractivity contribution in [1.29, 1.82) is 0 Å². The number of aryl methyl sites for hydroxylation is 1. The molecule has 122 valence electrons. The maximum absolute atomic E-state index is 12.4. The number of rotatable bonds is 8. The third-order valence-corrected chi connectivity index (χ3v) is 4.41. The van der Waals surface area contributed by atoms with Gasteiger partial charge in [-0.05, 0) is 57.1 Å². The molecule has 1 N–H and O–H groups in total. The van der Waals surface area contributed by atoms with Crippen LogP contribution in [0, 0.1) is 0 Å². The highest BCUT2D eigenvalue weighted by Gasteiger charge is 2.21. The summed E-state index contributed by atoms with van der Waals surface area (Å²) < 4.78 is 0. The Hall–Kier alpha value is -1.39. The first-order chi connectivity index (χ1) is 10.8. The molecule has 0 spiro atoms. The highest BCUT2D eigenvalue weighted by atomic mass is 16.2. The average Bonchev–Trinajstić information content (AvgIpc) is 2.57. The third-order valence-electron chi connectivity index (χ3n) is 4.41. The molecular weight excluding hydrogens is 274 g/mol. The average molecular weight is 303 g/mol. The van der Waals surface area contributed by atoms with E-state index in [-0.39, 0.29) is 5.91 Å². The Morgan fingerprint density at radius 1 is 1.27 bits per heavy atom. The summed E-state index contributed by atoms with van der Waals surface area (Å²) >= 11 is 0. The fourth-order valence-corrected chi connectivity index (χ4v) is 3.05. The standard InChI is InChI=1S/C18H29N3O/c1-3-20(4-2)13-8-12-19-15-18(22)21-14-7-10-16-9-5-6-11-17(16)21/h5-6,9,11,19H,3-4,7-8,10,12-15H2,1-2H3. The molecule has 0 unspecified atom stereocenters. The minimum Gasteiger partial charge on any atom is -0.311 e. The fraction of sp³-hybridized carbons (Fsp3) is 0.611. The van der Waals surface area contributed by atoms with Gasteiger partial charge in [-0.25, -0.2) is 0 Å². The Morgan fingerprint density at radius 2 is 2.05 bits per heavy atom. The summed E-state index contributed by atoms with van der Waals surface area (Å²) in [5, 5.41) is 3.30. The zero-order valence-electron chi connectivity index (χ0n) is 14.0. The lowest BCUT2D eigenvalue weighted by Crippen LogP contribution is -2.41. The van der Waals surface area contributed by atoms with Crippen molar-refractivity contribution in [2.24, 2.45) is 0 Å². The molecule has 0 atom stereocenters. The van der Waals surface area contributed by atoms with Crippen LogP contribution in [0.2, 0.25) is 0 Å². The number of fused-ring (bicyclic) bond motifs is 1. The van der Waals surface area contributed by atoms with E-state index >= 15 is 0 Å². The van der Waals surface area contributed by atoms with E-state index in [1.807, 2.05) is 11.0 Å². The maximum Gasteiger partial charge on any atom is 0.240 e. The number of amides is 1. The van der Waals surface area contributed by atoms with Crippen molar-refractivity contribution in [3.63, 3.8) is 0 Å². The van der Waals surface area contributed by atoms with E-state index in [0.29, 0.717) is 6.54 Å². The molecule has 2 rings (SSSR count). The Balaban J connectivity index is 1.74. The number of carbonyl (C=O) groups excluding carboxylic acids is 1. The monoisotopic (exact) mass is 303 g/mol. The van der Waals surface area contributed by atoms with E-state index in [1.165, 1.54) is 5.56 Å². The van der Waals surface area contributed by atoms with Crippen molar-refractivity contribution in [3.8, 4) is 0 Å². The summed E-state index contributed by atoms with van der Waals surface area (Å²) in [7, 11) is 0. The second-order valence-corrected chi connectivity index (χ2v) is 5.83. The molecular formula is C18H29N3O. The third kappa shape index (κ3) is 4.55. The topological polar surface area (TPSA) is 35.6 Å². The van der Waals surface area contributed by atoms with Crippen molar-refractivity contribution < 1.29 is 4.79 Å². The maximum atomic E-state index is 12.4. The lowest BCUT2D eigenvalue weighted by molar-refractivity contribution is -0.117. The number of hydrogen-bond acceptors (Lipinski definition) is 3. The molecule has 1 amide bonds. The van der Waals surface area contributed by atoms with Crippen molar-refractivity contribution in [3.05, 3.63) is 29.8 Å². The van der Waals surface area contributed by atoms with Crippen LogP contribution in [0.5, 0.6) is 0 Å².